The molecule has 2 nitrogen and oxygen atoms in total. The molecule has 0 aliphatic rings. The topological polar surface area (TPSA) is 29.1 Å². The Morgan fingerprint density at radius 1 is 1.64 bits per heavy atom. The Morgan fingerprint density at radius 2 is 2.18 bits per heavy atom. The summed E-state index contributed by atoms with van der Waals surface area (Å²) >= 11 is 0. The summed E-state index contributed by atoms with van der Waals surface area (Å²) in [4.78, 5) is 11.2. The third-order valence-electron chi connectivity index (χ3n) is 1.58. The van der Waals surface area contributed by atoms with E-state index >= 15 is 0 Å². The molecule has 0 amide bonds. The van der Waals surface area contributed by atoms with Gasteiger partial charge < -0.3 is 5.32 Å². The standard InChI is InChI=1S/C9H15NO/c1-5-7-8(11)9(3,4)10-6-2/h1,10H,6-7H2,2-4H3. The first-order valence-corrected chi connectivity index (χ1v) is 3.76. The molecule has 0 saturated heterocycles. The molecule has 0 heterocycles. The summed E-state index contributed by atoms with van der Waals surface area (Å²) in [6.45, 7) is 6.43. The van der Waals surface area contributed by atoms with Gasteiger partial charge in [0.2, 0.25) is 0 Å². The first-order chi connectivity index (χ1) is 5.04. The maximum absolute atomic E-state index is 11.2. The van der Waals surface area contributed by atoms with Crippen LogP contribution in [-0.4, -0.2) is 17.9 Å². The summed E-state index contributed by atoms with van der Waals surface area (Å²) in [5.41, 5.74) is -0.471. The SMILES string of the molecule is C#CCC(=O)C(C)(C)NCC. The van der Waals surface area contributed by atoms with E-state index in [0.717, 1.165) is 6.54 Å². The van der Waals surface area contributed by atoms with E-state index < -0.39 is 5.54 Å². The molecule has 0 atom stereocenters. The Labute approximate surface area is 68.4 Å². The Balaban J connectivity index is 4.08. The number of hydrogen-bond donors (Lipinski definition) is 1. The summed E-state index contributed by atoms with van der Waals surface area (Å²) in [6, 6.07) is 0. The van der Waals surface area contributed by atoms with Gasteiger partial charge in [-0.25, -0.2) is 0 Å². The minimum atomic E-state index is -0.471. The zero-order valence-corrected chi connectivity index (χ0v) is 7.40. The monoisotopic (exact) mass is 153 g/mol. The van der Waals surface area contributed by atoms with E-state index in [-0.39, 0.29) is 12.2 Å². The Hall–Kier alpha value is -0.810. The van der Waals surface area contributed by atoms with Gasteiger partial charge in [0.1, 0.15) is 0 Å². The van der Waals surface area contributed by atoms with Gasteiger partial charge in [-0.15, -0.1) is 6.42 Å². The van der Waals surface area contributed by atoms with Crippen LogP contribution in [-0.2, 0) is 4.79 Å². The van der Waals surface area contributed by atoms with Crippen molar-refractivity contribution in [1.29, 1.82) is 0 Å². The van der Waals surface area contributed by atoms with Crippen molar-refractivity contribution < 1.29 is 4.79 Å². The first-order valence-electron chi connectivity index (χ1n) is 3.76. The zero-order chi connectivity index (χ0) is 8.91. The van der Waals surface area contributed by atoms with Crippen LogP contribution in [0.2, 0.25) is 0 Å². The van der Waals surface area contributed by atoms with Crippen molar-refractivity contribution >= 4 is 5.78 Å². The fraction of sp³-hybridized carbons (Fsp3) is 0.667. The fourth-order valence-electron chi connectivity index (χ4n) is 0.854. The quantitative estimate of drug-likeness (QED) is 0.610. The average Bonchev–Trinajstić information content (AvgIpc) is 1.88. The van der Waals surface area contributed by atoms with Crippen LogP contribution < -0.4 is 5.32 Å². The highest BCUT2D eigenvalue weighted by molar-refractivity contribution is 5.89. The van der Waals surface area contributed by atoms with E-state index in [2.05, 4.69) is 11.2 Å². The molecule has 0 bridgehead atoms. The normalized spacial score (nSPS) is 10.7. The Bertz CT molecular complexity index is 176. The molecule has 0 aliphatic heterocycles. The van der Waals surface area contributed by atoms with Crippen LogP contribution in [0.3, 0.4) is 0 Å². The second-order valence-electron chi connectivity index (χ2n) is 2.96. The molecule has 0 aromatic carbocycles. The smallest absolute Gasteiger partial charge is 0.164 e. The minimum absolute atomic E-state index is 0.0712. The van der Waals surface area contributed by atoms with E-state index in [1.807, 2.05) is 20.8 Å². The number of hydrogen-bond acceptors (Lipinski definition) is 2. The minimum Gasteiger partial charge on any atom is -0.306 e. The van der Waals surface area contributed by atoms with Gasteiger partial charge in [-0.3, -0.25) is 4.79 Å². The van der Waals surface area contributed by atoms with Crippen molar-refractivity contribution in [3.63, 3.8) is 0 Å². The summed E-state index contributed by atoms with van der Waals surface area (Å²) in [5.74, 6) is 2.41. The van der Waals surface area contributed by atoms with Gasteiger partial charge in [0, 0.05) is 0 Å². The maximum Gasteiger partial charge on any atom is 0.164 e. The second kappa shape index (κ2) is 4.15. The van der Waals surface area contributed by atoms with Crippen LogP contribution in [0.5, 0.6) is 0 Å². The summed E-state index contributed by atoms with van der Waals surface area (Å²) < 4.78 is 0. The van der Waals surface area contributed by atoms with Gasteiger partial charge in [-0.05, 0) is 20.4 Å². The maximum atomic E-state index is 11.2. The van der Waals surface area contributed by atoms with E-state index in [4.69, 9.17) is 6.42 Å². The lowest BCUT2D eigenvalue weighted by Gasteiger charge is -2.22. The molecule has 11 heavy (non-hydrogen) atoms. The van der Waals surface area contributed by atoms with Gasteiger partial charge >= 0.3 is 0 Å². The molecule has 0 aliphatic carbocycles. The molecule has 0 aromatic heterocycles. The molecular formula is C9H15NO. The van der Waals surface area contributed by atoms with Gasteiger partial charge in [0.25, 0.3) is 0 Å². The van der Waals surface area contributed by atoms with Gasteiger partial charge in [-0.1, -0.05) is 12.8 Å². The first kappa shape index (κ1) is 10.2. The molecule has 0 unspecified atom stereocenters. The number of ketones is 1. The van der Waals surface area contributed by atoms with Crippen LogP contribution >= 0.6 is 0 Å². The van der Waals surface area contributed by atoms with Crippen molar-refractivity contribution in [2.45, 2.75) is 32.7 Å². The third-order valence-corrected chi connectivity index (χ3v) is 1.58. The van der Waals surface area contributed by atoms with Crippen molar-refractivity contribution in [3.8, 4) is 12.3 Å². The van der Waals surface area contributed by atoms with Gasteiger partial charge in [-0.2, -0.15) is 0 Å². The van der Waals surface area contributed by atoms with Crippen LogP contribution in [0.1, 0.15) is 27.2 Å². The van der Waals surface area contributed by atoms with E-state index in [1.54, 1.807) is 0 Å². The Kier molecular flexibility index (Phi) is 3.84. The lowest BCUT2D eigenvalue weighted by Crippen LogP contribution is -2.46. The van der Waals surface area contributed by atoms with Crippen LogP contribution in [0, 0.1) is 12.3 Å². The van der Waals surface area contributed by atoms with Crippen molar-refractivity contribution in [2.24, 2.45) is 0 Å². The number of terminal acetylenes is 1. The van der Waals surface area contributed by atoms with E-state index in [0.29, 0.717) is 0 Å². The van der Waals surface area contributed by atoms with Crippen molar-refractivity contribution in [3.05, 3.63) is 0 Å². The summed E-state index contributed by atoms with van der Waals surface area (Å²) in [7, 11) is 0. The van der Waals surface area contributed by atoms with Crippen LogP contribution in [0.25, 0.3) is 0 Å². The molecular weight excluding hydrogens is 138 g/mol. The van der Waals surface area contributed by atoms with E-state index in [1.165, 1.54) is 0 Å². The molecule has 1 N–H and O–H groups in total. The van der Waals surface area contributed by atoms with Crippen molar-refractivity contribution in [1.82, 2.24) is 5.32 Å². The highest BCUT2D eigenvalue weighted by atomic mass is 16.1. The molecule has 0 aromatic rings. The molecule has 2 heteroatoms. The van der Waals surface area contributed by atoms with Gasteiger partial charge in [0.05, 0.1) is 12.0 Å². The predicted molar refractivity (Wildman–Crippen MR) is 46.2 cm³/mol. The fourth-order valence-corrected chi connectivity index (χ4v) is 0.854. The number of nitrogens with one attached hydrogen (secondary N) is 1. The second-order valence-corrected chi connectivity index (χ2v) is 2.96. The zero-order valence-electron chi connectivity index (χ0n) is 7.40. The highest BCUT2D eigenvalue weighted by Crippen LogP contribution is 2.05. The van der Waals surface area contributed by atoms with Crippen LogP contribution in [0.4, 0.5) is 0 Å². The number of likely N-dealkylation sites (N-methyl/N-ethyl adjacent to an activating group) is 1. The van der Waals surface area contributed by atoms with Gasteiger partial charge in [0.15, 0.2) is 5.78 Å². The van der Waals surface area contributed by atoms with E-state index in [9.17, 15) is 4.79 Å². The lowest BCUT2D eigenvalue weighted by atomic mass is 9.97. The lowest BCUT2D eigenvalue weighted by molar-refractivity contribution is -0.123. The number of carbonyl (C=O) groups is 1. The number of rotatable bonds is 4. The highest BCUT2D eigenvalue weighted by Gasteiger charge is 2.24. The predicted octanol–water partition coefficient (Wildman–Crippen LogP) is 0.967. The molecule has 0 spiro atoms. The molecule has 0 radical (unpaired) electrons. The van der Waals surface area contributed by atoms with Crippen LogP contribution in [0.15, 0.2) is 0 Å². The molecule has 0 fully saturated rings. The number of carbonyl (C=O) groups excluding carboxylic acids is 1. The van der Waals surface area contributed by atoms with Crippen molar-refractivity contribution in [2.75, 3.05) is 6.54 Å². The summed E-state index contributed by atoms with van der Waals surface area (Å²) in [5, 5.41) is 3.06. The largest absolute Gasteiger partial charge is 0.306 e. The Morgan fingerprint density at radius 3 is 2.55 bits per heavy atom. The molecule has 0 rings (SSSR count). The summed E-state index contributed by atoms with van der Waals surface area (Å²) in [6.07, 6.45) is 5.23. The third kappa shape index (κ3) is 3.20. The molecule has 0 saturated carbocycles. The average molecular weight is 153 g/mol. The molecule has 62 valence electrons. The number of Topliss-reactive ketones (excluding diaryl/α,β-unsaturated/α-hetero) is 1.